The Kier molecular flexibility index (Phi) is 13.2. The molecule has 0 saturated carbocycles. The standard InChI is InChI=1S/C44H54N4O5S/c1-7-9-11-13-15-30-25-44(5,20-14-12-10-8-2)48(6)36-23-29(16-19-38(49)50)33(24-32(30)36)42-41-40(51-21-22-52-41)37(54-42)18-17-35-34(28-47)39(31(26-45)27-46)53-43(35,3)4/h17-18,23-24,30H,7-16,19-22,25H2,1-6H3,(H,49,50)/b18-17+. The van der Waals surface area contributed by atoms with Crippen molar-refractivity contribution >= 4 is 29.1 Å². The molecule has 1 N–H and O–H groups in total. The zero-order valence-electron chi connectivity index (χ0n) is 32.8. The van der Waals surface area contributed by atoms with Crippen molar-refractivity contribution in [3.63, 3.8) is 0 Å². The summed E-state index contributed by atoms with van der Waals surface area (Å²) in [5, 5.41) is 39.0. The first-order valence-corrected chi connectivity index (χ1v) is 20.4. The third kappa shape index (κ3) is 8.48. The second-order valence-corrected chi connectivity index (χ2v) is 16.6. The van der Waals surface area contributed by atoms with E-state index in [9.17, 15) is 25.7 Å². The molecular formula is C44H54N4O5S. The molecule has 0 saturated heterocycles. The van der Waals surface area contributed by atoms with Crippen LogP contribution in [-0.4, -0.2) is 42.5 Å². The summed E-state index contributed by atoms with van der Waals surface area (Å²) in [6, 6.07) is 10.4. The number of allylic oxidation sites excluding steroid dienone is 2. The van der Waals surface area contributed by atoms with Gasteiger partial charge in [-0.05, 0) is 87.3 Å². The number of unbranched alkanes of at least 4 members (excludes halogenated alkanes) is 6. The maximum atomic E-state index is 12.0. The fraction of sp³-hybridized carbons (Fsp3) is 0.545. The number of anilines is 1. The van der Waals surface area contributed by atoms with Gasteiger partial charge >= 0.3 is 5.97 Å². The molecule has 3 aliphatic heterocycles. The van der Waals surface area contributed by atoms with Crippen molar-refractivity contribution in [2.45, 2.75) is 135 Å². The van der Waals surface area contributed by atoms with E-state index in [2.05, 4.69) is 50.9 Å². The van der Waals surface area contributed by atoms with Crippen LogP contribution in [0.3, 0.4) is 0 Å². The van der Waals surface area contributed by atoms with E-state index in [-0.39, 0.29) is 28.9 Å². The highest BCUT2D eigenvalue weighted by atomic mass is 32.1. The van der Waals surface area contributed by atoms with Crippen molar-refractivity contribution in [3.8, 4) is 40.1 Å². The molecule has 2 unspecified atom stereocenters. The molecule has 3 aliphatic rings. The van der Waals surface area contributed by atoms with Gasteiger partial charge in [0.25, 0.3) is 0 Å². The number of nitriles is 3. The van der Waals surface area contributed by atoms with Gasteiger partial charge in [-0.1, -0.05) is 71.3 Å². The highest BCUT2D eigenvalue weighted by Crippen LogP contribution is 2.54. The Morgan fingerprint density at radius 1 is 0.981 bits per heavy atom. The lowest BCUT2D eigenvalue weighted by atomic mass is 9.73. The number of rotatable bonds is 16. The summed E-state index contributed by atoms with van der Waals surface area (Å²) in [6.45, 7) is 11.3. The van der Waals surface area contributed by atoms with E-state index in [4.69, 9.17) is 14.2 Å². The van der Waals surface area contributed by atoms with Crippen LogP contribution in [0.4, 0.5) is 5.69 Å². The molecule has 2 atom stereocenters. The molecule has 54 heavy (non-hydrogen) atoms. The molecule has 2 aromatic rings. The Hall–Kier alpha value is -4.72. The summed E-state index contributed by atoms with van der Waals surface area (Å²) in [5.74, 6) is 0.766. The lowest BCUT2D eigenvalue weighted by Gasteiger charge is -2.49. The van der Waals surface area contributed by atoms with E-state index in [1.807, 2.05) is 18.2 Å². The van der Waals surface area contributed by atoms with Gasteiger partial charge in [-0.2, -0.15) is 15.8 Å². The van der Waals surface area contributed by atoms with Crippen molar-refractivity contribution in [1.82, 2.24) is 0 Å². The molecule has 4 heterocycles. The van der Waals surface area contributed by atoms with E-state index in [0.29, 0.717) is 42.6 Å². The van der Waals surface area contributed by atoms with Crippen molar-refractivity contribution < 1.29 is 24.1 Å². The lowest BCUT2D eigenvalue weighted by Crippen LogP contribution is -2.48. The molecule has 286 valence electrons. The molecule has 0 radical (unpaired) electrons. The number of ether oxygens (including phenoxy) is 3. The second-order valence-electron chi connectivity index (χ2n) is 15.5. The summed E-state index contributed by atoms with van der Waals surface area (Å²) in [5.41, 5.74) is 3.93. The fourth-order valence-electron chi connectivity index (χ4n) is 8.17. The third-order valence-corrected chi connectivity index (χ3v) is 12.4. The summed E-state index contributed by atoms with van der Waals surface area (Å²) in [7, 11) is 2.22. The van der Waals surface area contributed by atoms with E-state index in [1.165, 1.54) is 74.0 Å². The number of thiophene rings is 1. The summed E-state index contributed by atoms with van der Waals surface area (Å²) in [4.78, 5) is 16.1. The average Bonchev–Trinajstić information content (AvgIpc) is 3.65. The molecular weight excluding hydrogens is 697 g/mol. The molecule has 0 spiro atoms. The van der Waals surface area contributed by atoms with Gasteiger partial charge in [-0.25, -0.2) is 0 Å². The van der Waals surface area contributed by atoms with Gasteiger partial charge in [0.05, 0.1) is 9.75 Å². The van der Waals surface area contributed by atoms with Crippen LogP contribution in [0, 0.1) is 34.0 Å². The third-order valence-electron chi connectivity index (χ3n) is 11.3. The Bertz CT molecular complexity index is 1940. The average molecular weight is 751 g/mol. The van der Waals surface area contributed by atoms with Crippen LogP contribution in [-0.2, 0) is 16.0 Å². The molecule has 0 bridgehead atoms. The molecule has 0 fully saturated rings. The minimum absolute atomic E-state index is 0.00372. The monoisotopic (exact) mass is 750 g/mol. The predicted molar refractivity (Wildman–Crippen MR) is 213 cm³/mol. The van der Waals surface area contributed by atoms with Gasteiger partial charge in [-0.15, -0.1) is 11.3 Å². The number of nitrogens with zero attached hydrogens (tertiary/aromatic N) is 4. The lowest BCUT2D eigenvalue weighted by molar-refractivity contribution is -0.136. The fourth-order valence-corrected chi connectivity index (χ4v) is 9.32. The van der Waals surface area contributed by atoms with Crippen LogP contribution < -0.4 is 14.4 Å². The maximum Gasteiger partial charge on any atom is 0.303 e. The molecule has 1 aromatic heterocycles. The van der Waals surface area contributed by atoms with E-state index in [1.54, 1.807) is 19.9 Å². The van der Waals surface area contributed by atoms with Crippen LogP contribution in [0.5, 0.6) is 11.5 Å². The summed E-state index contributed by atoms with van der Waals surface area (Å²) in [6.07, 6.45) is 17.0. The normalized spacial score (nSPS) is 19.9. The van der Waals surface area contributed by atoms with Crippen LogP contribution in [0.2, 0.25) is 0 Å². The molecule has 9 nitrogen and oxygen atoms in total. The van der Waals surface area contributed by atoms with Gasteiger partial charge in [0.1, 0.15) is 42.6 Å². The molecule has 0 amide bonds. The Balaban J connectivity index is 1.64. The van der Waals surface area contributed by atoms with Crippen molar-refractivity contribution in [3.05, 3.63) is 56.7 Å². The number of hydrogen-bond donors (Lipinski definition) is 1. The Labute approximate surface area is 325 Å². The Morgan fingerprint density at radius 3 is 2.31 bits per heavy atom. The number of aliphatic carboxylic acids is 1. The highest BCUT2D eigenvalue weighted by molar-refractivity contribution is 7.17. The van der Waals surface area contributed by atoms with Gasteiger partial charge < -0.3 is 24.2 Å². The summed E-state index contributed by atoms with van der Waals surface area (Å²) < 4.78 is 18.6. The SMILES string of the molecule is CCCCCCC1CC(C)(CCCCCC)N(C)c2cc(CCC(=O)O)c(-c3sc(/C=C/C4=C(C#N)C(=C(C#N)C#N)OC4(C)C)c4c3OCCO4)cc21. The number of hydrogen-bond acceptors (Lipinski definition) is 9. The van der Waals surface area contributed by atoms with Gasteiger partial charge in [0.15, 0.2) is 22.8 Å². The van der Waals surface area contributed by atoms with Gasteiger partial charge in [-0.3, -0.25) is 4.79 Å². The van der Waals surface area contributed by atoms with E-state index in [0.717, 1.165) is 40.1 Å². The Morgan fingerprint density at radius 2 is 1.67 bits per heavy atom. The first-order chi connectivity index (χ1) is 25.9. The number of carbonyl (C=O) groups is 1. The number of carboxylic acid groups (broad SMARTS) is 1. The predicted octanol–water partition coefficient (Wildman–Crippen LogP) is 10.8. The van der Waals surface area contributed by atoms with Crippen LogP contribution >= 0.6 is 11.3 Å². The molecule has 1 aromatic carbocycles. The summed E-state index contributed by atoms with van der Waals surface area (Å²) >= 11 is 1.52. The van der Waals surface area contributed by atoms with Crippen molar-refractivity contribution in [1.29, 1.82) is 15.8 Å². The zero-order chi connectivity index (χ0) is 39.0. The van der Waals surface area contributed by atoms with Crippen molar-refractivity contribution in [2.24, 2.45) is 0 Å². The van der Waals surface area contributed by atoms with E-state index >= 15 is 0 Å². The number of benzene rings is 1. The minimum Gasteiger partial charge on any atom is -0.485 e. The number of fused-ring (bicyclic) bond motifs is 2. The van der Waals surface area contributed by atoms with Crippen LogP contribution in [0.15, 0.2) is 40.7 Å². The minimum atomic E-state index is -0.960. The molecule has 0 aliphatic carbocycles. The quantitative estimate of drug-likeness (QED) is 0.131. The first-order valence-electron chi connectivity index (χ1n) is 19.5. The largest absolute Gasteiger partial charge is 0.485 e. The number of aryl methyl sites for hydroxylation is 1. The number of carboxylic acids is 1. The topological polar surface area (TPSA) is 140 Å². The van der Waals surface area contributed by atoms with Crippen LogP contribution in [0.1, 0.15) is 134 Å². The second kappa shape index (κ2) is 17.6. The molecule has 10 heteroatoms. The van der Waals surface area contributed by atoms with Gasteiger partial charge in [0, 0.05) is 30.3 Å². The van der Waals surface area contributed by atoms with Crippen LogP contribution in [0.25, 0.3) is 16.5 Å². The zero-order valence-corrected chi connectivity index (χ0v) is 33.6. The smallest absolute Gasteiger partial charge is 0.303 e. The van der Waals surface area contributed by atoms with E-state index < -0.39 is 11.6 Å². The van der Waals surface area contributed by atoms with Crippen molar-refractivity contribution in [2.75, 3.05) is 25.2 Å². The highest BCUT2D eigenvalue weighted by Gasteiger charge is 2.41. The molecule has 5 rings (SSSR count). The van der Waals surface area contributed by atoms with Gasteiger partial charge in [0.2, 0.25) is 0 Å². The first kappa shape index (κ1) is 40.5. The maximum absolute atomic E-state index is 12.0.